The van der Waals surface area contributed by atoms with Crippen LogP contribution in [-0.2, 0) is 20.9 Å². The van der Waals surface area contributed by atoms with Crippen LogP contribution in [0.25, 0.3) is 0 Å². The number of aliphatic imine (C=N–C) groups is 1. The minimum Gasteiger partial charge on any atom is -0.512 e. The van der Waals surface area contributed by atoms with Crippen LogP contribution in [0.3, 0.4) is 0 Å². The number of carboxylic acid groups (broad SMARTS) is 1. The van der Waals surface area contributed by atoms with Gasteiger partial charge in [-0.2, -0.15) is 0 Å². The van der Waals surface area contributed by atoms with Gasteiger partial charge in [0.2, 0.25) is 0 Å². The van der Waals surface area contributed by atoms with E-state index in [9.17, 15) is 19.8 Å². The number of hydrogen-bond donors (Lipinski definition) is 2. The third-order valence-electron chi connectivity index (χ3n) is 4.38. The summed E-state index contributed by atoms with van der Waals surface area (Å²) in [5, 5.41) is 19.6. The third-order valence-corrected chi connectivity index (χ3v) is 4.38. The standard InChI is InChI=1S/C22H25NO6/c1-4-18(16-9-6-5-7-10-16)29-22(27)19(15(3)24)20(14(2)21(25)26)23-13-17-11-8-12-28-17/h5-12,14,18,24H,4,13H2,1-3H3,(H,25,26). The first-order valence-electron chi connectivity index (χ1n) is 9.30. The summed E-state index contributed by atoms with van der Waals surface area (Å²) in [7, 11) is 0. The topological polar surface area (TPSA) is 109 Å². The number of carbonyl (C=O) groups excluding carboxylic acids is 1. The fourth-order valence-electron chi connectivity index (χ4n) is 2.80. The summed E-state index contributed by atoms with van der Waals surface area (Å²) in [6, 6.07) is 12.6. The molecule has 0 spiro atoms. The van der Waals surface area contributed by atoms with Crippen molar-refractivity contribution in [1.82, 2.24) is 0 Å². The first-order valence-corrected chi connectivity index (χ1v) is 9.30. The van der Waals surface area contributed by atoms with E-state index in [0.717, 1.165) is 5.56 Å². The van der Waals surface area contributed by atoms with Gasteiger partial charge >= 0.3 is 11.9 Å². The number of aliphatic hydroxyl groups excluding tert-OH is 1. The molecule has 1 aromatic carbocycles. The van der Waals surface area contributed by atoms with Gasteiger partial charge in [0.25, 0.3) is 0 Å². The van der Waals surface area contributed by atoms with Gasteiger partial charge in [0.1, 0.15) is 23.2 Å². The maximum Gasteiger partial charge on any atom is 0.344 e. The molecule has 0 amide bonds. The second kappa shape index (κ2) is 10.3. The number of esters is 1. The minimum absolute atomic E-state index is 0.0277. The number of allylic oxidation sites excluding steroid dienone is 1. The SMILES string of the molecule is CCC(OC(=O)C(C(=NCc1ccco1)C(C)C(=O)O)=C(C)O)c1ccccc1. The second-order valence-corrected chi connectivity index (χ2v) is 6.51. The fourth-order valence-corrected chi connectivity index (χ4v) is 2.80. The van der Waals surface area contributed by atoms with Gasteiger partial charge in [-0.05, 0) is 38.0 Å². The number of aliphatic carboxylic acids is 1. The Bertz CT molecular complexity index is 879. The molecule has 0 saturated carbocycles. The molecule has 7 nitrogen and oxygen atoms in total. The summed E-state index contributed by atoms with van der Waals surface area (Å²) in [4.78, 5) is 28.8. The molecule has 2 atom stereocenters. The van der Waals surface area contributed by atoms with Crippen molar-refractivity contribution in [3.05, 3.63) is 71.4 Å². The quantitative estimate of drug-likeness (QED) is 0.279. The largest absolute Gasteiger partial charge is 0.512 e. The van der Waals surface area contributed by atoms with E-state index in [1.807, 2.05) is 37.3 Å². The van der Waals surface area contributed by atoms with Crippen molar-refractivity contribution in [2.45, 2.75) is 39.8 Å². The van der Waals surface area contributed by atoms with Crippen LogP contribution in [0.1, 0.15) is 44.6 Å². The Morgan fingerprint density at radius 2 is 1.83 bits per heavy atom. The number of ether oxygens (including phenoxy) is 1. The number of hydrogen-bond acceptors (Lipinski definition) is 6. The summed E-state index contributed by atoms with van der Waals surface area (Å²) in [5.74, 6) is -2.99. The van der Waals surface area contributed by atoms with Gasteiger partial charge in [0.05, 0.1) is 24.4 Å². The first-order chi connectivity index (χ1) is 13.8. The van der Waals surface area contributed by atoms with Crippen molar-refractivity contribution in [1.29, 1.82) is 0 Å². The molecule has 2 rings (SSSR count). The predicted octanol–water partition coefficient (Wildman–Crippen LogP) is 4.47. The monoisotopic (exact) mass is 399 g/mol. The lowest BCUT2D eigenvalue weighted by atomic mass is 9.96. The number of benzene rings is 1. The normalized spacial score (nSPS) is 14.7. The van der Waals surface area contributed by atoms with Crippen LogP contribution in [0.5, 0.6) is 0 Å². The molecule has 2 aromatic rings. The Balaban J connectivity index is 2.36. The summed E-state index contributed by atoms with van der Waals surface area (Å²) >= 11 is 0. The number of carbonyl (C=O) groups is 2. The highest BCUT2D eigenvalue weighted by molar-refractivity contribution is 6.24. The zero-order chi connectivity index (χ0) is 21.4. The molecule has 2 N–H and O–H groups in total. The third kappa shape index (κ3) is 5.81. The van der Waals surface area contributed by atoms with Crippen molar-refractivity contribution in [2.24, 2.45) is 10.9 Å². The van der Waals surface area contributed by atoms with E-state index in [4.69, 9.17) is 9.15 Å². The first kappa shape index (κ1) is 21.9. The van der Waals surface area contributed by atoms with Crippen LogP contribution in [0.4, 0.5) is 0 Å². The fraction of sp³-hybridized carbons (Fsp3) is 0.318. The highest BCUT2D eigenvalue weighted by Crippen LogP contribution is 2.24. The predicted molar refractivity (Wildman–Crippen MR) is 108 cm³/mol. The maximum absolute atomic E-state index is 12.9. The molecule has 0 saturated heterocycles. The number of nitrogens with zero attached hydrogens (tertiary/aromatic N) is 1. The molecule has 0 aliphatic heterocycles. The lowest BCUT2D eigenvalue weighted by Gasteiger charge is -2.20. The van der Waals surface area contributed by atoms with E-state index in [1.165, 1.54) is 20.1 Å². The van der Waals surface area contributed by atoms with E-state index < -0.39 is 24.0 Å². The molecule has 0 bridgehead atoms. The van der Waals surface area contributed by atoms with Crippen LogP contribution in [0.2, 0.25) is 0 Å². The van der Waals surface area contributed by atoms with Crippen molar-refractivity contribution in [3.63, 3.8) is 0 Å². The Hall–Kier alpha value is -3.35. The number of aliphatic hydroxyl groups is 1. The minimum atomic E-state index is -1.18. The molecule has 29 heavy (non-hydrogen) atoms. The van der Waals surface area contributed by atoms with Crippen molar-refractivity contribution < 1.29 is 29.0 Å². The summed E-state index contributed by atoms with van der Waals surface area (Å²) in [5.41, 5.74) is 0.487. The average Bonchev–Trinajstić information content (AvgIpc) is 3.22. The molecule has 0 radical (unpaired) electrons. The van der Waals surface area contributed by atoms with Crippen LogP contribution >= 0.6 is 0 Å². The summed E-state index contributed by atoms with van der Waals surface area (Å²) < 4.78 is 10.8. The molecule has 0 aliphatic rings. The lowest BCUT2D eigenvalue weighted by molar-refractivity contribution is -0.144. The Labute approximate surface area is 169 Å². The second-order valence-electron chi connectivity index (χ2n) is 6.51. The molecular formula is C22H25NO6. The molecule has 154 valence electrons. The van der Waals surface area contributed by atoms with E-state index in [-0.39, 0.29) is 23.6 Å². The Kier molecular flexibility index (Phi) is 7.77. The number of furan rings is 1. The van der Waals surface area contributed by atoms with E-state index in [2.05, 4.69) is 4.99 Å². The molecule has 7 heteroatoms. The summed E-state index contributed by atoms with van der Waals surface area (Å²) in [6.45, 7) is 4.59. The summed E-state index contributed by atoms with van der Waals surface area (Å²) in [6.07, 6.45) is 1.45. The van der Waals surface area contributed by atoms with Crippen molar-refractivity contribution in [3.8, 4) is 0 Å². The average molecular weight is 399 g/mol. The number of carboxylic acids is 1. The molecule has 2 unspecified atom stereocenters. The van der Waals surface area contributed by atoms with Gasteiger partial charge in [-0.3, -0.25) is 9.79 Å². The van der Waals surface area contributed by atoms with E-state index in [0.29, 0.717) is 12.2 Å². The molecular weight excluding hydrogens is 374 g/mol. The van der Waals surface area contributed by atoms with Crippen LogP contribution in [-0.4, -0.2) is 27.9 Å². The van der Waals surface area contributed by atoms with Crippen LogP contribution < -0.4 is 0 Å². The highest BCUT2D eigenvalue weighted by atomic mass is 16.5. The molecule has 0 aliphatic carbocycles. The van der Waals surface area contributed by atoms with Gasteiger partial charge in [-0.15, -0.1) is 0 Å². The molecule has 0 fully saturated rings. The van der Waals surface area contributed by atoms with Gasteiger partial charge in [0.15, 0.2) is 0 Å². The van der Waals surface area contributed by atoms with Gasteiger partial charge in [-0.1, -0.05) is 37.3 Å². The van der Waals surface area contributed by atoms with Gasteiger partial charge in [0, 0.05) is 0 Å². The highest BCUT2D eigenvalue weighted by Gasteiger charge is 2.31. The lowest BCUT2D eigenvalue weighted by Crippen LogP contribution is -2.29. The van der Waals surface area contributed by atoms with Gasteiger partial charge in [-0.25, -0.2) is 4.79 Å². The Morgan fingerprint density at radius 1 is 1.14 bits per heavy atom. The zero-order valence-corrected chi connectivity index (χ0v) is 16.7. The van der Waals surface area contributed by atoms with E-state index in [1.54, 1.807) is 12.1 Å². The maximum atomic E-state index is 12.9. The van der Waals surface area contributed by atoms with Crippen LogP contribution in [0, 0.1) is 5.92 Å². The van der Waals surface area contributed by atoms with Crippen LogP contribution in [0.15, 0.2) is 69.5 Å². The number of rotatable bonds is 9. The van der Waals surface area contributed by atoms with E-state index >= 15 is 0 Å². The Morgan fingerprint density at radius 3 is 2.34 bits per heavy atom. The van der Waals surface area contributed by atoms with Crippen molar-refractivity contribution in [2.75, 3.05) is 0 Å². The van der Waals surface area contributed by atoms with Gasteiger partial charge < -0.3 is 19.4 Å². The zero-order valence-electron chi connectivity index (χ0n) is 16.7. The molecule has 1 aromatic heterocycles. The smallest absolute Gasteiger partial charge is 0.344 e. The molecule has 1 heterocycles. The van der Waals surface area contributed by atoms with Crippen molar-refractivity contribution >= 4 is 17.7 Å².